The summed E-state index contributed by atoms with van der Waals surface area (Å²) in [6.45, 7) is 5.33. The van der Waals surface area contributed by atoms with Gasteiger partial charge in [0.1, 0.15) is 5.75 Å². The topological polar surface area (TPSA) is 51.2 Å². The Morgan fingerprint density at radius 1 is 1.20 bits per heavy atom. The van der Waals surface area contributed by atoms with E-state index in [9.17, 15) is 4.79 Å². The molecule has 3 aliphatic heterocycles. The number of morpholine rings is 2. The lowest BCUT2D eigenvalue weighted by atomic mass is 9.98. The van der Waals surface area contributed by atoms with E-state index in [2.05, 4.69) is 17.0 Å². The van der Waals surface area contributed by atoms with Crippen LogP contribution in [0, 0.1) is 5.92 Å². The van der Waals surface area contributed by atoms with Crippen molar-refractivity contribution in [2.45, 2.75) is 25.2 Å². The minimum atomic E-state index is 0.00367. The highest BCUT2D eigenvalue weighted by Gasteiger charge is 2.45. The lowest BCUT2D eigenvalue weighted by Crippen LogP contribution is -2.48. The van der Waals surface area contributed by atoms with Crippen molar-refractivity contribution in [3.8, 4) is 5.75 Å². The number of nitrogens with zero attached hydrogens (tertiary/aromatic N) is 2. The van der Waals surface area contributed by atoms with Gasteiger partial charge in [0.2, 0.25) is 5.91 Å². The quantitative estimate of drug-likeness (QED) is 0.818. The average molecular weight is 346 g/mol. The Hall–Kier alpha value is -1.63. The molecule has 1 aromatic rings. The van der Waals surface area contributed by atoms with Gasteiger partial charge in [0, 0.05) is 32.7 Å². The Morgan fingerprint density at radius 3 is 2.68 bits per heavy atom. The van der Waals surface area contributed by atoms with Crippen LogP contribution in [0.25, 0.3) is 0 Å². The van der Waals surface area contributed by atoms with E-state index >= 15 is 0 Å². The van der Waals surface area contributed by atoms with Gasteiger partial charge in [0.05, 0.1) is 38.4 Å². The van der Waals surface area contributed by atoms with Gasteiger partial charge in [-0.25, -0.2) is 0 Å². The number of methoxy groups -OCH3 is 1. The molecule has 2 bridgehead atoms. The molecule has 0 radical (unpaired) electrons. The van der Waals surface area contributed by atoms with Gasteiger partial charge in [-0.15, -0.1) is 0 Å². The monoisotopic (exact) mass is 346 g/mol. The predicted octanol–water partition coefficient (Wildman–Crippen LogP) is 1.14. The molecule has 0 spiro atoms. The highest BCUT2D eigenvalue weighted by Crippen LogP contribution is 2.34. The number of hydrogen-bond acceptors (Lipinski definition) is 5. The number of carbonyl (C=O) groups is 1. The van der Waals surface area contributed by atoms with Crippen molar-refractivity contribution in [3.63, 3.8) is 0 Å². The van der Waals surface area contributed by atoms with E-state index in [1.54, 1.807) is 7.11 Å². The van der Waals surface area contributed by atoms with Crippen LogP contribution < -0.4 is 4.74 Å². The lowest BCUT2D eigenvalue weighted by molar-refractivity contribution is -0.142. The van der Waals surface area contributed by atoms with Gasteiger partial charge < -0.3 is 19.1 Å². The first-order valence-corrected chi connectivity index (χ1v) is 9.10. The van der Waals surface area contributed by atoms with Crippen LogP contribution in [0.1, 0.15) is 12.0 Å². The first kappa shape index (κ1) is 16.8. The fraction of sp³-hybridized carbons (Fsp3) is 0.632. The summed E-state index contributed by atoms with van der Waals surface area (Å²) in [6, 6.07) is 8.20. The van der Waals surface area contributed by atoms with Crippen molar-refractivity contribution >= 4 is 5.91 Å². The second-order valence-corrected chi connectivity index (χ2v) is 7.12. The van der Waals surface area contributed by atoms with Crippen LogP contribution in [0.5, 0.6) is 5.75 Å². The van der Waals surface area contributed by atoms with Crippen molar-refractivity contribution < 1.29 is 19.0 Å². The summed E-state index contributed by atoms with van der Waals surface area (Å²) in [6.07, 6.45) is 1.04. The van der Waals surface area contributed by atoms with Crippen LogP contribution in [0.4, 0.5) is 0 Å². The van der Waals surface area contributed by atoms with Gasteiger partial charge in [-0.1, -0.05) is 12.1 Å². The molecular weight excluding hydrogens is 320 g/mol. The zero-order chi connectivity index (χ0) is 17.2. The molecule has 0 N–H and O–H groups in total. The van der Waals surface area contributed by atoms with E-state index in [1.807, 2.05) is 17.0 Å². The summed E-state index contributed by atoms with van der Waals surface area (Å²) in [5.41, 5.74) is 1.26. The molecule has 1 aromatic carbocycles. The molecular formula is C19H26N2O4. The van der Waals surface area contributed by atoms with Crippen LogP contribution in [-0.4, -0.2) is 74.4 Å². The molecule has 136 valence electrons. The second kappa shape index (κ2) is 7.32. The van der Waals surface area contributed by atoms with Crippen LogP contribution >= 0.6 is 0 Å². The molecule has 3 aliphatic rings. The largest absolute Gasteiger partial charge is 0.497 e. The second-order valence-electron chi connectivity index (χ2n) is 7.12. The van der Waals surface area contributed by atoms with Crippen LogP contribution in [-0.2, 0) is 20.8 Å². The summed E-state index contributed by atoms with van der Waals surface area (Å²) < 4.78 is 16.7. The number of ether oxygens (including phenoxy) is 3. The van der Waals surface area contributed by atoms with E-state index in [0.717, 1.165) is 31.8 Å². The average Bonchev–Trinajstić information content (AvgIpc) is 2.96. The van der Waals surface area contributed by atoms with Gasteiger partial charge in [-0.3, -0.25) is 9.69 Å². The fourth-order valence-electron chi connectivity index (χ4n) is 4.13. The molecule has 0 aliphatic carbocycles. The van der Waals surface area contributed by atoms with Crippen molar-refractivity contribution in [2.24, 2.45) is 5.92 Å². The summed E-state index contributed by atoms with van der Waals surface area (Å²) in [5.74, 6) is 1.13. The zero-order valence-electron chi connectivity index (χ0n) is 14.7. The highest BCUT2D eigenvalue weighted by atomic mass is 16.5. The molecule has 6 heteroatoms. The number of likely N-dealkylation sites (tertiary alicyclic amines) is 1. The first-order valence-electron chi connectivity index (χ1n) is 9.10. The van der Waals surface area contributed by atoms with E-state index in [4.69, 9.17) is 14.2 Å². The Kier molecular flexibility index (Phi) is 4.92. The van der Waals surface area contributed by atoms with E-state index in [1.165, 1.54) is 5.56 Å². The fourth-order valence-corrected chi connectivity index (χ4v) is 4.13. The van der Waals surface area contributed by atoms with Crippen molar-refractivity contribution in [1.82, 2.24) is 9.80 Å². The maximum atomic E-state index is 12.8. The lowest BCUT2D eigenvalue weighted by Gasteiger charge is -2.34. The standard InChI is InChI=1S/C19H26N2O4/c1-23-15-4-2-14(3-5-15)11-20-12-16-10-17(18(13-20)25-16)19(22)21-6-8-24-9-7-21/h2-5,16-18H,6-13H2,1H3/t16-,17+,18-/m1/s1. The zero-order valence-corrected chi connectivity index (χ0v) is 14.7. The third-order valence-electron chi connectivity index (χ3n) is 5.44. The molecule has 6 nitrogen and oxygen atoms in total. The van der Waals surface area contributed by atoms with E-state index in [0.29, 0.717) is 26.3 Å². The predicted molar refractivity (Wildman–Crippen MR) is 92.4 cm³/mol. The third kappa shape index (κ3) is 3.66. The summed E-state index contributed by atoms with van der Waals surface area (Å²) in [5, 5.41) is 0. The Labute approximate surface area is 148 Å². The van der Waals surface area contributed by atoms with Crippen LogP contribution in [0.3, 0.4) is 0 Å². The third-order valence-corrected chi connectivity index (χ3v) is 5.44. The van der Waals surface area contributed by atoms with Crippen molar-refractivity contribution in [3.05, 3.63) is 29.8 Å². The Bertz CT molecular complexity index is 600. The molecule has 0 aromatic heterocycles. The number of fused-ring (bicyclic) bond motifs is 2. The molecule has 1 amide bonds. The number of hydrogen-bond donors (Lipinski definition) is 0. The number of carbonyl (C=O) groups excluding carboxylic acids is 1. The highest BCUT2D eigenvalue weighted by molar-refractivity contribution is 5.80. The normalized spacial score (nSPS) is 29.6. The minimum Gasteiger partial charge on any atom is -0.497 e. The van der Waals surface area contributed by atoms with Gasteiger partial charge in [0.25, 0.3) is 0 Å². The molecule has 3 atom stereocenters. The SMILES string of the molecule is COc1ccc(CN2C[C@H]3C[C@H](C(=O)N4CCOCC4)[C@@H](C2)O3)cc1. The minimum absolute atomic E-state index is 0.00367. The smallest absolute Gasteiger partial charge is 0.228 e. The molecule has 4 rings (SSSR count). The summed E-state index contributed by atoms with van der Waals surface area (Å²) in [4.78, 5) is 17.2. The maximum absolute atomic E-state index is 12.8. The van der Waals surface area contributed by atoms with E-state index in [-0.39, 0.29) is 24.0 Å². The summed E-state index contributed by atoms with van der Waals surface area (Å²) >= 11 is 0. The van der Waals surface area contributed by atoms with Crippen molar-refractivity contribution in [2.75, 3.05) is 46.5 Å². The van der Waals surface area contributed by atoms with Gasteiger partial charge >= 0.3 is 0 Å². The molecule has 3 fully saturated rings. The van der Waals surface area contributed by atoms with Gasteiger partial charge in [-0.05, 0) is 24.1 Å². The number of amides is 1. The summed E-state index contributed by atoms with van der Waals surface area (Å²) in [7, 11) is 1.68. The number of benzene rings is 1. The molecule has 0 saturated carbocycles. The van der Waals surface area contributed by atoms with Crippen LogP contribution in [0.2, 0.25) is 0 Å². The molecule has 0 unspecified atom stereocenters. The molecule has 25 heavy (non-hydrogen) atoms. The van der Waals surface area contributed by atoms with E-state index < -0.39 is 0 Å². The first-order chi connectivity index (χ1) is 12.2. The Balaban J connectivity index is 1.37. The Morgan fingerprint density at radius 2 is 1.96 bits per heavy atom. The van der Waals surface area contributed by atoms with Gasteiger partial charge in [-0.2, -0.15) is 0 Å². The van der Waals surface area contributed by atoms with Gasteiger partial charge in [0.15, 0.2) is 0 Å². The van der Waals surface area contributed by atoms with Crippen molar-refractivity contribution in [1.29, 1.82) is 0 Å². The maximum Gasteiger partial charge on any atom is 0.228 e. The van der Waals surface area contributed by atoms with Crippen LogP contribution in [0.15, 0.2) is 24.3 Å². The molecule has 3 saturated heterocycles. The number of rotatable bonds is 4. The molecule has 3 heterocycles.